The minimum atomic E-state index is -2.24. The van der Waals surface area contributed by atoms with E-state index >= 15 is 0 Å². The third kappa shape index (κ3) is 6.10. The van der Waals surface area contributed by atoms with Gasteiger partial charge >= 0.3 is 18.0 Å². The largest absolute Gasteiger partial charge is 0.612 e. The maximum Gasteiger partial charge on any atom is 0.408 e. The second-order valence-corrected chi connectivity index (χ2v) is 9.54. The Hall–Kier alpha value is -3.70. The zero-order valence-electron chi connectivity index (χ0n) is 19.0. The monoisotopic (exact) mass is 507 g/mol. The molecule has 1 unspecified atom stereocenters. The highest BCUT2D eigenvalue weighted by atomic mass is 32.2. The lowest BCUT2D eigenvalue weighted by Gasteiger charge is -2.36. The van der Waals surface area contributed by atoms with Crippen molar-refractivity contribution in [1.29, 1.82) is 0 Å². The first-order valence-corrected chi connectivity index (χ1v) is 12.0. The Morgan fingerprint density at radius 3 is 2.31 bits per heavy atom. The number of nitrogens with one attached hydrogen (secondary N) is 1. The molecular formula is C26H23N2O7S-. The summed E-state index contributed by atoms with van der Waals surface area (Å²) in [6, 6.07) is 22.0. The van der Waals surface area contributed by atoms with Gasteiger partial charge in [0, 0.05) is 6.42 Å². The maximum absolute atomic E-state index is 12.2. The van der Waals surface area contributed by atoms with Crippen LogP contribution in [-0.4, -0.2) is 33.3 Å². The number of amides is 2. The van der Waals surface area contributed by atoms with E-state index in [-0.39, 0.29) is 19.4 Å². The fourth-order valence-corrected chi connectivity index (χ4v) is 4.99. The second-order valence-electron chi connectivity index (χ2n) is 8.28. The van der Waals surface area contributed by atoms with Crippen molar-refractivity contribution in [2.45, 2.75) is 30.7 Å². The summed E-state index contributed by atoms with van der Waals surface area (Å²) in [7, 11) is 0. The van der Waals surface area contributed by atoms with Crippen LogP contribution in [0.3, 0.4) is 0 Å². The zero-order chi connectivity index (χ0) is 25.7. The topological polar surface area (TPSA) is 139 Å². The van der Waals surface area contributed by atoms with E-state index in [9.17, 15) is 29.9 Å². The summed E-state index contributed by atoms with van der Waals surface area (Å²) in [5.41, 5.74) is 3.47. The smallest absolute Gasteiger partial charge is 0.408 e. The summed E-state index contributed by atoms with van der Waals surface area (Å²) in [5.74, 6) is -2.18. The Bertz CT molecular complexity index is 1250. The molecule has 0 bridgehead atoms. The van der Waals surface area contributed by atoms with Gasteiger partial charge < -0.3 is 25.6 Å². The molecule has 2 amide bonds. The van der Waals surface area contributed by atoms with Gasteiger partial charge in [-0.25, -0.2) is 14.4 Å². The van der Waals surface area contributed by atoms with Crippen molar-refractivity contribution in [3.05, 3.63) is 106 Å². The molecule has 3 aromatic carbocycles. The van der Waals surface area contributed by atoms with Gasteiger partial charge in [0.2, 0.25) is 0 Å². The van der Waals surface area contributed by atoms with E-state index in [1.165, 1.54) is 0 Å². The molecule has 0 saturated carbocycles. The SMILES string of the molecule is O=C(N[C@@H](Cc1ccc(C2CC(=O)[N+]([O-])([O-])S2)c(-c2ccccc2)c1)C(=O)O)OCc1ccccc1. The van der Waals surface area contributed by atoms with Gasteiger partial charge in [-0.05, 0) is 27.8 Å². The Morgan fingerprint density at radius 2 is 1.69 bits per heavy atom. The van der Waals surface area contributed by atoms with Crippen molar-refractivity contribution >= 4 is 29.9 Å². The van der Waals surface area contributed by atoms with Crippen LogP contribution in [0.1, 0.15) is 28.4 Å². The molecule has 9 nitrogen and oxygen atoms in total. The van der Waals surface area contributed by atoms with Gasteiger partial charge in [-0.15, -0.1) is 0 Å². The van der Waals surface area contributed by atoms with Gasteiger partial charge in [0.05, 0.1) is 23.6 Å². The lowest BCUT2D eigenvalue weighted by Crippen LogP contribution is -2.42. The van der Waals surface area contributed by atoms with Crippen molar-refractivity contribution < 1.29 is 28.4 Å². The quantitative estimate of drug-likeness (QED) is 0.254. The van der Waals surface area contributed by atoms with Crippen LogP contribution in [0.2, 0.25) is 0 Å². The molecular weight excluding hydrogens is 484 g/mol. The number of alkyl carbamates (subject to hydrolysis) is 1. The zero-order valence-corrected chi connectivity index (χ0v) is 19.9. The number of carboxylic acids is 1. The Kier molecular flexibility index (Phi) is 7.70. The van der Waals surface area contributed by atoms with Gasteiger partial charge in [-0.2, -0.15) is 0 Å². The molecule has 1 aliphatic rings. The van der Waals surface area contributed by atoms with Crippen LogP contribution in [0.4, 0.5) is 4.79 Å². The molecule has 0 aromatic heterocycles. The number of hydrogen-bond donors (Lipinski definition) is 2. The molecule has 1 heterocycles. The maximum atomic E-state index is 12.2. The molecule has 186 valence electrons. The van der Waals surface area contributed by atoms with E-state index in [0.29, 0.717) is 28.6 Å². The molecule has 1 saturated heterocycles. The number of hydrogen-bond acceptors (Lipinski definition) is 7. The molecule has 0 radical (unpaired) electrons. The third-order valence-electron chi connectivity index (χ3n) is 5.72. The van der Waals surface area contributed by atoms with Gasteiger partial charge in [0.25, 0.3) is 0 Å². The number of aliphatic carboxylic acids is 1. The van der Waals surface area contributed by atoms with Gasteiger partial charge in [-0.3, -0.25) is 4.21 Å². The molecule has 3 aromatic rings. The molecule has 36 heavy (non-hydrogen) atoms. The van der Waals surface area contributed by atoms with Crippen molar-refractivity contribution in [3.8, 4) is 11.1 Å². The van der Waals surface area contributed by atoms with Crippen molar-refractivity contribution in [1.82, 2.24) is 5.32 Å². The number of benzene rings is 3. The fraction of sp³-hybridized carbons (Fsp3) is 0.192. The van der Waals surface area contributed by atoms with E-state index in [2.05, 4.69) is 5.32 Å². The van der Waals surface area contributed by atoms with Crippen LogP contribution in [-0.2, 0) is 27.4 Å². The first-order chi connectivity index (χ1) is 17.2. The molecule has 1 fully saturated rings. The highest BCUT2D eigenvalue weighted by molar-refractivity contribution is 7.94. The average molecular weight is 508 g/mol. The van der Waals surface area contributed by atoms with Crippen LogP contribution in [0.25, 0.3) is 11.1 Å². The number of carboxylic acid groups (broad SMARTS) is 1. The lowest BCUT2D eigenvalue weighted by atomic mass is 9.92. The predicted molar refractivity (Wildman–Crippen MR) is 134 cm³/mol. The van der Waals surface area contributed by atoms with Crippen LogP contribution in [0, 0.1) is 10.4 Å². The summed E-state index contributed by atoms with van der Waals surface area (Å²) >= 11 is 0.484. The lowest BCUT2D eigenvalue weighted by molar-refractivity contribution is -0.593. The summed E-state index contributed by atoms with van der Waals surface area (Å²) in [4.78, 5) is 36.0. The van der Waals surface area contributed by atoms with Crippen LogP contribution in [0.5, 0.6) is 0 Å². The Labute approximate surface area is 211 Å². The molecule has 2 N–H and O–H groups in total. The van der Waals surface area contributed by atoms with E-state index in [1.807, 2.05) is 36.4 Å². The molecule has 2 atom stereocenters. The Morgan fingerprint density at radius 1 is 1.03 bits per heavy atom. The third-order valence-corrected chi connectivity index (χ3v) is 6.88. The molecule has 0 spiro atoms. The molecule has 0 aliphatic carbocycles. The van der Waals surface area contributed by atoms with Crippen molar-refractivity contribution in [2.75, 3.05) is 0 Å². The van der Waals surface area contributed by atoms with Crippen LogP contribution >= 0.6 is 11.9 Å². The average Bonchev–Trinajstić information content (AvgIpc) is 3.15. The molecule has 1 aliphatic heterocycles. The number of carbonyl (C=O) groups excluding carboxylic acids is 2. The van der Waals surface area contributed by atoms with Crippen LogP contribution in [0.15, 0.2) is 78.9 Å². The number of rotatable bonds is 8. The number of quaternary nitrogens is 1. The van der Waals surface area contributed by atoms with Crippen LogP contribution < -0.4 is 5.32 Å². The number of nitrogens with zero attached hydrogens (tertiary/aromatic N) is 1. The normalized spacial score (nSPS) is 17.4. The first-order valence-electron chi connectivity index (χ1n) is 11.1. The first kappa shape index (κ1) is 25.4. The fourth-order valence-electron chi connectivity index (χ4n) is 3.92. The van der Waals surface area contributed by atoms with Crippen molar-refractivity contribution in [3.63, 3.8) is 0 Å². The number of carbonyl (C=O) groups is 3. The minimum Gasteiger partial charge on any atom is -0.612 e. The second kappa shape index (κ2) is 10.9. The van der Waals surface area contributed by atoms with Gasteiger partial charge in [-0.1, -0.05) is 78.9 Å². The van der Waals surface area contributed by atoms with Gasteiger partial charge in [0.1, 0.15) is 12.6 Å². The highest BCUT2D eigenvalue weighted by Gasteiger charge is 2.39. The van der Waals surface area contributed by atoms with Crippen molar-refractivity contribution in [2.24, 2.45) is 0 Å². The summed E-state index contributed by atoms with van der Waals surface area (Å²) in [5, 5.41) is 35.2. The predicted octanol–water partition coefficient (Wildman–Crippen LogP) is 4.71. The summed E-state index contributed by atoms with van der Waals surface area (Å²) in [6.07, 6.45) is -1.08. The van der Waals surface area contributed by atoms with E-state index in [0.717, 1.165) is 11.1 Å². The highest BCUT2D eigenvalue weighted by Crippen LogP contribution is 2.48. The number of ether oxygens (including phenoxy) is 1. The Balaban J connectivity index is 1.53. The van der Waals surface area contributed by atoms with E-state index in [1.54, 1.807) is 42.5 Å². The van der Waals surface area contributed by atoms with E-state index in [4.69, 9.17) is 4.74 Å². The standard InChI is InChI=1S/C26H23N2O7S/c29-24-15-23(36-28(24,33)34)20-12-11-18(13-21(20)19-9-5-2-6-10-19)14-22(25(30)31)27-26(32)35-16-17-7-3-1-4-8-17/h1-13,22-23H,14-16H2,(H,27,32)(H,30,31)/q-1/t22-,23?/m0/s1. The van der Waals surface area contributed by atoms with E-state index < -0.39 is 33.5 Å². The summed E-state index contributed by atoms with van der Waals surface area (Å²) < 4.78 is 2.91. The molecule has 10 heteroatoms. The van der Waals surface area contributed by atoms with Gasteiger partial charge in [0.15, 0.2) is 0 Å². The molecule has 4 rings (SSSR count). The minimum absolute atomic E-state index is 0.00304. The summed E-state index contributed by atoms with van der Waals surface area (Å²) in [6.45, 7) is 0.00304. The number of hydroxylamine groups is 2.